The first-order valence-corrected chi connectivity index (χ1v) is 4.04. The van der Waals surface area contributed by atoms with Crippen molar-refractivity contribution >= 4 is 21.7 Å². The van der Waals surface area contributed by atoms with Crippen molar-refractivity contribution in [3.63, 3.8) is 0 Å². The van der Waals surface area contributed by atoms with Gasteiger partial charge in [0.2, 0.25) is 0 Å². The predicted octanol–water partition coefficient (Wildman–Crippen LogP) is 1.24. The van der Waals surface area contributed by atoms with Crippen LogP contribution in [0.5, 0.6) is 0 Å². The average molecular weight is 166 g/mol. The van der Waals surface area contributed by atoms with Crippen LogP contribution in [0.1, 0.15) is 5.01 Å². The number of aromatic nitrogens is 2. The highest BCUT2D eigenvalue weighted by atomic mass is 32.1. The average Bonchev–Trinajstić information content (AvgIpc) is 2.31. The van der Waals surface area contributed by atoms with E-state index in [-0.39, 0.29) is 0 Å². The lowest BCUT2D eigenvalue weighted by molar-refractivity contribution is -0.574. The Kier molecular flexibility index (Phi) is 1.29. The Bertz CT molecular complexity index is 396. The molecule has 2 heterocycles. The minimum absolute atomic E-state index is 0.685. The highest BCUT2D eigenvalue weighted by Crippen LogP contribution is 2.16. The van der Waals surface area contributed by atoms with E-state index >= 15 is 0 Å². The molecule has 0 bridgehead atoms. The van der Waals surface area contributed by atoms with Gasteiger partial charge in [-0.1, -0.05) is 11.3 Å². The topological polar surface area (TPSA) is 39.8 Å². The molecule has 2 aromatic heterocycles. The molecule has 0 amide bonds. The molecule has 0 atom stereocenters. The van der Waals surface area contributed by atoms with E-state index in [1.165, 1.54) is 17.5 Å². The molecule has 0 fully saturated rings. The second-order valence-corrected chi connectivity index (χ2v) is 3.44. The number of pyridine rings is 1. The van der Waals surface area contributed by atoms with Crippen LogP contribution in [0.4, 0.5) is 0 Å². The van der Waals surface area contributed by atoms with Crippen LogP contribution < -0.4 is 4.73 Å². The van der Waals surface area contributed by atoms with Crippen molar-refractivity contribution in [1.29, 1.82) is 0 Å². The second-order valence-electron chi connectivity index (χ2n) is 2.26. The summed E-state index contributed by atoms with van der Waals surface area (Å²) in [6.45, 7) is 1.89. The maximum Gasteiger partial charge on any atom is 0.300 e. The van der Waals surface area contributed by atoms with E-state index in [0.29, 0.717) is 4.83 Å². The fraction of sp³-hybridized carbons (Fsp3) is 0.143. The molecule has 0 aliphatic carbocycles. The molecule has 56 valence electrons. The van der Waals surface area contributed by atoms with Gasteiger partial charge in [-0.15, -0.1) is 0 Å². The van der Waals surface area contributed by atoms with Crippen LogP contribution in [0.15, 0.2) is 18.3 Å². The van der Waals surface area contributed by atoms with Crippen LogP contribution in [0.25, 0.3) is 10.3 Å². The molecule has 0 N–H and O–H groups in total. The Morgan fingerprint density at radius 2 is 2.45 bits per heavy atom. The summed E-state index contributed by atoms with van der Waals surface area (Å²) >= 11 is 1.42. The minimum atomic E-state index is 0.685. The smallest absolute Gasteiger partial charge is 0.300 e. The summed E-state index contributed by atoms with van der Waals surface area (Å²) in [6, 6.07) is 3.54. The molecule has 2 aromatic rings. The fourth-order valence-electron chi connectivity index (χ4n) is 0.979. The monoisotopic (exact) mass is 166 g/mol. The Morgan fingerprint density at radius 1 is 1.64 bits per heavy atom. The molecule has 0 saturated heterocycles. The third-order valence-corrected chi connectivity index (χ3v) is 2.39. The van der Waals surface area contributed by atoms with Crippen molar-refractivity contribution in [2.24, 2.45) is 0 Å². The van der Waals surface area contributed by atoms with Crippen molar-refractivity contribution in [3.8, 4) is 0 Å². The van der Waals surface area contributed by atoms with Gasteiger partial charge < -0.3 is 5.21 Å². The molecule has 11 heavy (non-hydrogen) atoms. The third-order valence-electron chi connectivity index (χ3n) is 1.42. The fourth-order valence-corrected chi connectivity index (χ4v) is 1.77. The molecule has 0 aromatic carbocycles. The van der Waals surface area contributed by atoms with E-state index in [0.717, 1.165) is 15.3 Å². The number of fused-ring (bicyclic) bond motifs is 1. The molecule has 0 spiro atoms. The largest absolute Gasteiger partial charge is 0.618 e. The van der Waals surface area contributed by atoms with Crippen LogP contribution in [-0.2, 0) is 0 Å². The Labute approximate surface area is 67.5 Å². The van der Waals surface area contributed by atoms with Crippen LogP contribution in [0.3, 0.4) is 0 Å². The SMILES string of the molecule is Cc1nc2ccc[n+]([O-])c2s1. The van der Waals surface area contributed by atoms with E-state index in [2.05, 4.69) is 4.98 Å². The maximum atomic E-state index is 11.1. The lowest BCUT2D eigenvalue weighted by atomic mass is 10.5. The standard InChI is InChI=1S/C7H6N2OS/c1-5-8-6-3-2-4-9(10)7(6)11-5/h2-4H,1H3. The number of hydrogen-bond acceptors (Lipinski definition) is 3. The molecular weight excluding hydrogens is 160 g/mol. The normalized spacial score (nSPS) is 10.6. The van der Waals surface area contributed by atoms with Crippen LogP contribution in [0, 0.1) is 12.1 Å². The van der Waals surface area contributed by atoms with Crippen molar-refractivity contribution < 1.29 is 4.73 Å². The van der Waals surface area contributed by atoms with Crippen molar-refractivity contribution in [2.75, 3.05) is 0 Å². The number of aryl methyl sites for hydroxylation is 1. The number of hydrogen-bond donors (Lipinski definition) is 0. The Hall–Kier alpha value is -1.16. The molecular formula is C7H6N2OS. The highest BCUT2D eigenvalue weighted by molar-refractivity contribution is 7.17. The first-order valence-electron chi connectivity index (χ1n) is 3.23. The summed E-state index contributed by atoms with van der Waals surface area (Å²) in [5.41, 5.74) is 0.782. The molecule has 4 heteroatoms. The van der Waals surface area contributed by atoms with Crippen LogP contribution in [0.2, 0.25) is 0 Å². The highest BCUT2D eigenvalue weighted by Gasteiger charge is 2.06. The minimum Gasteiger partial charge on any atom is -0.618 e. The van der Waals surface area contributed by atoms with Gasteiger partial charge in [0, 0.05) is 6.07 Å². The molecule has 2 rings (SSSR count). The maximum absolute atomic E-state index is 11.1. The molecule has 0 aliphatic rings. The van der Waals surface area contributed by atoms with E-state index < -0.39 is 0 Å². The van der Waals surface area contributed by atoms with Gasteiger partial charge in [-0.25, -0.2) is 4.98 Å². The van der Waals surface area contributed by atoms with Gasteiger partial charge in [0.05, 0.1) is 5.01 Å². The van der Waals surface area contributed by atoms with Gasteiger partial charge in [-0.2, -0.15) is 4.73 Å². The van der Waals surface area contributed by atoms with Crippen molar-refractivity contribution in [3.05, 3.63) is 28.5 Å². The molecule has 3 nitrogen and oxygen atoms in total. The van der Waals surface area contributed by atoms with Crippen molar-refractivity contribution in [2.45, 2.75) is 6.92 Å². The number of nitrogens with zero attached hydrogens (tertiary/aromatic N) is 2. The van der Waals surface area contributed by atoms with Gasteiger partial charge in [0.1, 0.15) is 5.52 Å². The zero-order chi connectivity index (χ0) is 7.84. The van der Waals surface area contributed by atoms with E-state index in [1.807, 2.05) is 13.0 Å². The summed E-state index contributed by atoms with van der Waals surface area (Å²) in [7, 11) is 0. The first kappa shape index (κ1) is 6.54. The van der Waals surface area contributed by atoms with Crippen molar-refractivity contribution in [1.82, 2.24) is 4.98 Å². The van der Waals surface area contributed by atoms with Crippen LogP contribution in [-0.4, -0.2) is 4.98 Å². The molecule has 0 aliphatic heterocycles. The van der Waals surface area contributed by atoms with E-state index in [1.54, 1.807) is 6.07 Å². The van der Waals surface area contributed by atoms with E-state index in [9.17, 15) is 5.21 Å². The Morgan fingerprint density at radius 3 is 3.18 bits per heavy atom. The summed E-state index contributed by atoms with van der Waals surface area (Å²) in [4.78, 5) is 4.86. The summed E-state index contributed by atoms with van der Waals surface area (Å²) in [5.74, 6) is 0. The van der Waals surface area contributed by atoms with Gasteiger partial charge in [-0.05, 0) is 13.0 Å². The summed E-state index contributed by atoms with van der Waals surface area (Å²) < 4.78 is 0.847. The van der Waals surface area contributed by atoms with Gasteiger partial charge in [0.15, 0.2) is 6.20 Å². The number of rotatable bonds is 0. The van der Waals surface area contributed by atoms with Gasteiger partial charge in [0.25, 0.3) is 0 Å². The van der Waals surface area contributed by atoms with Crippen LogP contribution >= 0.6 is 11.3 Å². The zero-order valence-corrected chi connectivity index (χ0v) is 6.76. The molecule has 0 unspecified atom stereocenters. The Balaban J connectivity index is 2.90. The number of thiazole rings is 1. The van der Waals surface area contributed by atoms with Gasteiger partial charge in [-0.3, -0.25) is 0 Å². The molecule has 0 saturated carbocycles. The lowest BCUT2D eigenvalue weighted by Gasteiger charge is -1.92. The molecule has 0 radical (unpaired) electrons. The quantitative estimate of drug-likeness (QED) is 0.436. The first-order chi connectivity index (χ1) is 5.27. The summed E-state index contributed by atoms with van der Waals surface area (Å²) in [6.07, 6.45) is 1.49. The summed E-state index contributed by atoms with van der Waals surface area (Å²) in [5, 5.41) is 12.0. The van der Waals surface area contributed by atoms with Gasteiger partial charge >= 0.3 is 4.83 Å². The third kappa shape index (κ3) is 0.952. The predicted molar refractivity (Wildman–Crippen MR) is 43.3 cm³/mol. The van der Waals surface area contributed by atoms with E-state index in [4.69, 9.17) is 0 Å². The second kappa shape index (κ2) is 2.17. The lowest BCUT2D eigenvalue weighted by Crippen LogP contribution is -2.24. The zero-order valence-electron chi connectivity index (χ0n) is 5.94.